The van der Waals surface area contributed by atoms with E-state index in [1.807, 2.05) is 280 Å². The molecule has 28 heteroatoms. The van der Waals surface area contributed by atoms with Crippen LogP contribution in [0.15, 0.2) is 420 Å². The molecule has 744 valence electrons. The summed E-state index contributed by atoms with van der Waals surface area (Å²) in [4.78, 5) is 46.5. The second kappa shape index (κ2) is 52.4. The first kappa shape index (κ1) is 110. The standard InChI is InChI=1S/2C40H32N6.C24H21N3.C17H15N3.6ClH.4Ru/c1-28-21-29(31-24-35(33-13-5-9-17-41-33)43-36(25-31)37-15-7-11-19-44(37)2)23-30(22-28)32-26-39(34-14-6-10-18-42-34)46(4)40(27-32)38-16-8-12-20-45(38)3;1-28-21-29(31-24-37(33-13-5-9-17-41-33)45(3)38(25-31)34-14-6-10-18-42-34)23-30(22-28)32-26-39(35-15-7-11-19-43-35)46(4)40(27-32)36-16-8-12-20-44(36)2;1-17-12-18(2)14-19(13-17)20-15-22(21-8-4-6-10-25-21)26-23(16-20)24-9-5-7-11-27(24)3;1-13-11-16(14-7-3-5-9-18-14)20(2)17(12-13)15-8-4-6-10-19-15;;;;;;;;;;/h2*5-27H,2-4H2,1H3;4-16H,3H2,1-2H3;3-12H,2H2,1H3;6*1H;;;;/q;;;;;;;;;;2*+2;2*+3/p-6. The molecule has 0 unspecified atom stereocenters. The van der Waals surface area contributed by atoms with Gasteiger partial charge in [-0.05, 0) is 296 Å². The van der Waals surface area contributed by atoms with Crippen LogP contribution in [0.4, 0.5) is 0 Å². The molecule has 0 bridgehead atoms. The fourth-order valence-corrected chi connectivity index (χ4v) is 17.1. The minimum absolute atomic E-state index is 0. The van der Waals surface area contributed by atoms with Crippen LogP contribution in [0.5, 0.6) is 0 Å². The van der Waals surface area contributed by atoms with Gasteiger partial charge in [0.25, 0.3) is 0 Å². The Morgan fingerprint density at radius 2 is 0.356 bits per heavy atom. The summed E-state index contributed by atoms with van der Waals surface area (Å²) in [6.45, 7) is 10.6. The summed E-state index contributed by atoms with van der Waals surface area (Å²) in [6, 6.07) is 117. The zero-order valence-electron chi connectivity index (χ0n) is 81.7. The van der Waals surface area contributed by atoms with E-state index >= 15 is 0 Å². The van der Waals surface area contributed by atoms with Crippen molar-refractivity contribution in [3.63, 3.8) is 0 Å². The van der Waals surface area contributed by atoms with Crippen LogP contribution in [0, 0.1) is 91.0 Å². The van der Waals surface area contributed by atoms with Crippen molar-refractivity contribution in [3.05, 3.63) is 504 Å². The van der Waals surface area contributed by atoms with E-state index in [1.165, 1.54) is 16.7 Å². The minimum atomic E-state index is -1.75. The van der Waals surface area contributed by atoms with Crippen LogP contribution in [0.25, 0.3) is 192 Å². The summed E-state index contributed by atoms with van der Waals surface area (Å²) in [5.74, 6) is 0. The summed E-state index contributed by atoms with van der Waals surface area (Å²) in [5, 5.41) is 0. The van der Waals surface area contributed by atoms with E-state index in [0.29, 0.717) is 0 Å². The van der Waals surface area contributed by atoms with Crippen LogP contribution in [-0.4, -0.2) is 49.8 Å². The Labute approximate surface area is 931 Å². The van der Waals surface area contributed by atoms with Crippen molar-refractivity contribution >= 4 is 58.1 Å². The number of hydrogen-bond donors (Lipinski definition) is 0. The smallest absolute Gasteiger partial charge is 2.00 e. The van der Waals surface area contributed by atoms with E-state index < -0.39 is 26.0 Å². The number of aryl methyl sites for hydroxylation is 5. The molecule has 0 atom stereocenters. The molecule has 0 aliphatic carbocycles. The van der Waals surface area contributed by atoms with E-state index in [2.05, 4.69) is 258 Å². The van der Waals surface area contributed by atoms with Gasteiger partial charge in [-0.15, -0.1) is 0 Å². The van der Waals surface area contributed by atoms with Gasteiger partial charge in [0.05, 0.1) is 93.1 Å². The van der Waals surface area contributed by atoms with Gasteiger partial charge in [-0.1, -0.05) is 168 Å². The molecule has 0 saturated carbocycles. The largest absolute Gasteiger partial charge is 2.00 e. The molecule has 0 aliphatic heterocycles. The minimum Gasteiger partial charge on any atom is 2.00 e. The maximum Gasteiger partial charge on any atom is 2.00 e. The molecule has 18 nitrogen and oxygen atoms in total. The molecule has 21 aromatic rings. The summed E-state index contributed by atoms with van der Waals surface area (Å²) in [7, 11) is 63.8. The molecule has 149 heavy (non-hydrogen) atoms. The number of halogens is 6. The number of aromatic nitrogens is 18. The number of pyridine rings is 18. The van der Waals surface area contributed by atoms with Crippen LogP contribution in [0.1, 0.15) is 27.8 Å². The third-order valence-electron chi connectivity index (χ3n) is 23.7. The average molecular weight is 2420 g/mol. The summed E-state index contributed by atoms with van der Waals surface area (Å²) in [6.07, 6.45) is 22.1. The van der Waals surface area contributed by atoms with E-state index in [9.17, 15) is 0 Å². The summed E-state index contributed by atoms with van der Waals surface area (Å²) >= 11 is -3.51. The Hall–Kier alpha value is -14.4. The predicted molar refractivity (Wildman–Crippen MR) is 583 cm³/mol. The number of hydrogen-bond acceptors (Lipinski definition) is 10. The molecule has 0 fully saturated rings. The Kier molecular flexibility index (Phi) is 38.8. The van der Waals surface area contributed by atoms with Crippen molar-refractivity contribution in [2.45, 2.75) is 34.6 Å². The van der Waals surface area contributed by atoms with Crippen LogP contribution in [0.3, 0.4) is 0 Å². The van der Waals surface area contributed by atoms with Gasteiger partial charge in [0.1, 0.15) is 68.3 Å². The van der Waals surface area contributed by atoms with Crippen molar-refractivity contribution in [2.75, 3.05) is 0 Å². The van der Waals surface area contributed by atoms with Gasteiger partial charge in [0, 0.05) is 106 Å². The van der Waals surface area contributed by atoms with E-state index in [4.69, 9.17) is 68.1 Å². The average Bonchev–Trinajstić information content (AvgIpc) is 0.768. The zero-order chi connectivity index (χ0) is 103. The maximum absolute atomic E-state index is 5.02. The van der Waals surface area contributed by atoms with Crippen LogP contribution in [-0.2, 0) is 64.9 Å². The van der Waals surface area contributed by atoms with Gasteiger partial charge >= 0.3 is 123 Å². The van der Waals surface area contributed by atoms with Gasteiger partial charge in [-0.3, -0.25) is 49.8 Å². The zero-order valence-corrected chi connectivity index (χ0v) is 93.2. The Bertz CT molecular complexity index is 8030. The fourth-order valence-electron chi connectivity index (χ4n) is 17.1. The third-order valence-corrected chi connectivity index (χ3v) is 23.7. The molecule has 0 N–H and O–H groups in total. The Balaban J connectivity index is 0.000000158. The van der Waals surface area contributed by atoms with Gasteiger partial charge in [-0.2, -0.15) is 0 Å². The fraction of sp³-hybridized carbons (Fsp3) is 0.0413. The van der Waals surface area contributed by atoms with E-state index in [-0.39, 0.29) is 39.0 Å². The molecule has 0 spiro atoms. The van der Waals surface area contributed by atoms with Crippen LogP contribution < -0.4 is 36.5 Å². The van der Waals surface area contributed by atoms with Gasteiger partial charge in [0.15, 0.2) is 0 Å². The van der Waals surface area contributed by atoms with Crippen LogP contribution >= 0.6 is 58.1 Å². The number of nitrogens with zero attached hydrogens (tertiary/aromatic N) is 18. The molecule has 0 aliphatic rings. The SMILES string of the molecule is [CH2-][n+]1c(-c2ccccn2)cc(C)cc1-c1ccccn1.[CH2-][n+]1ccccc1-c1cc(-c2cc(C)cc(-c3cc(-c4ccccn4)[n+]([CH2-])c(-c4cccc[n+]4[CH2-])c3)c2)cc(-c2ccccn2)n1.[CH2-][n+]1ccccc1-c1cc(-c2cc(C)cc(-c3cc(-c4ccccn4)[n+]([CH2-])c(-c4ccccn4)c3)c2)cc(-c2ccccn2)[n+]1[CH2-].[CH2-][n+]1ccccc1-c1cc(-c2cc(C)cc(C)c2)cc(-c2ccccn2)n1.[Cl][Ru]([Cl])[Cl].[Cl][Ru]([Cl])[Cl].[Ru+2].[Ru+2]. The van der Waals surface area contributed by atoms with Gasteiger partial charge in [-0.25, -0.2) is 0 Å². The molecule has 18 heterocycles. The molecule has 18 aromatic heterocycles. The van der Waals surface area contributed by atoms with Gasteiger partial charge < -0.3 is 36.5 Å². The van der Waals surface area contributed by atoms with E-state index in [0.717, 1.165) is 203 Å². The van der Waals surface area contributed by atoms with Crippen LogP contribution in [0.2, 0.25) is 0 Å². The third kappa shape index (κ3) is 28.3. The first-order valence-electron chi connectivity index (χ1n) is 46.1. The molecule has 0 amide bonds. The summed E-state index contributed by atoms with van der Waals surface area (Å²) < 4.78 is 15.1. The Morgan fingerprint density at radius 1 is 0.174 bits per heavy atom. The topological polar surface area (TPSA) is 160 Å². The van der Waals surface area contributed by atoms with Crippen molar-refractivity contribution in [2.24, 2.45) is 0 Å². The van der Waals surface area contributed by atoms with E-state index in [1.54, 1.807) is 49.6 Å². The maximum atomic E-state index is 5.02. The van der Waals surface area contributed by atoms with Crippen molar-refractivity contribution in [1.82, 2.24) is 49.8 Å². The first-order valence-corrected chi connectivity index (χ1v) is 59.6. The molecule has 21 rings (SSSR count). The molecular formula is C121H100Cl6N18Ru4+4. The Morgan fingerprint density at radius 3 is 0.597 bits per heavy atom. The molecule has 3 aromatic carbocycles. The molecule has 0 radical (unpaired) electrons. The van der Waals surface area contributed by atoms with Crippen molar-refractivity contribution in [1.29, 1.82) is 0 Å². The first-order chi connectivity index (χ1) is 71.2. The normalized spacial score (nSPS) is 10.7. The quantitative estimate of drug-likeness (QED) is 0.0488. The monoisotopic (exact) mass is 2420 g/mol. The molecule has 0 saturated heterocycles. The predicted octanol–water partition coefficient (Wildman–Crippen LogP) is 26.1. The second-order valence-corrected chi connectivity index (χ2v) is 49.9. The second-order valence-electron chi connectivity index (χ2n) is 34.1. The number of benzene rings is 3. The summed E-state index contributed by atoms with van der Waals surface area (Å²) in [5.41, 5.74) is 38.0. The molecular weight excluding hydrogens is 2320 g/mol. The van der Waals surface area contributed by atoms with Crippen molar-refractivity contribution < 1.29 is 101 Å². The van der Waals surface area contributed by atoms with Gasteiger partial charge in [0.2, 0.25) is 0 Å². The number of rotatable bonds is 17. The van der Waals surface area contributed by atoms with Crippen molar-refractivity contribution in [3.8, 4) is 192 Å².